The minimum absolute atomic E-state index is 0.107. The minimum Gasteiger partial charge on any atom is -0.478 e. The van der Waals surface area contributed by atoms with Crippen LogP contribution in [0.4, 0.5) is 5.69 Å². The molecule has 0 spiro atoms. The van der Waals surface area contributed by atoms with Crippen molar-refractivity contribution in [1.82, 2.24) is 4.57 Å². The number of thioether (sulfide) groups is 1. The molecule has 1 fully saturated rings. The second-order valence-corrected chi connectivity index (χ2v) is 10.1. The standard InChI is InChI=1S/C28H22N2O3S2/c1-17-10-12-19(13-11-17)16-29-18(2)23(22-8-3-4-9-24(22)29)15-25-26(31)30(28(34)35-25)21-7-5-6-20(14-21)27(32)33/h3-15H,16H2,1-2H3,(H,32,33)/b25-15+. The predicted molar refractivity (Wildman–Crippen MR) is 146 cm³/mol. The number of aryl methyl sites for hydroxylation is 1. The molecule has 1 aliphatic rings. The van der Waals surface area contributed by atoms with Crippen molar-refractivity contribution in [3.05, 3.63) is 106 Å². The van der Waals surface area contributed by atoms with Crippen LogP contribution in [0.2, 0.25) is 0 Å². The Morgan fingerprint density at radius 3 is 2.51 bits per heavy atom. The van der Waals surface area contributed by atoms with Crippen molar-refractivity contribution in [3.63, 3.8) is 0 Å². The van der Waals surface area contributed by atoms with E-state index in [1.807, 2.05) is 18.2 Å². The van der Waals surface area contributed by atoms with E-state index in [-0.39, 0.29) is 11.5 Å². The quantitative estimate of drug-likeness (QED) is 0.254. The van der Waals surface area contributed by atoms with Crippen LogP contribution in [0.5, 0.6) is 0 Å². The van der Waals surface area contributed by atoms with E-state index in [0.29, 0.717) is 14.9 Å². The van der Waals surface area contributed by atoms with Crippen LogP contribution in [-0.4, -0.2) is 25.9 Å². The summed E-state index contributed by atoms with van der Waals surface area (Å²) < 4.78 is 2.65. The first kappa shape index (κ1) is 23.1. The Bertz CT molecular complexity index is 1530. The summed E-state index contributed by atoms with van der Waals surface area (Å²) in [4.78, 5) is 26.7. The van der Waals surface area contributed by atoms with Gasteiger partial charge >= 0.3 is 5.97 Å². The van der Waals surface area contributed by atoms with Crippen LogP contribution in [0, 0.1) is 13.8 Å². The Balaban J connectivity index is 1.55. The number of carboxylic acids is 1. The summed E-state index contributed by atoms with van der Waals surface area (Å²) in [5, 5.41) is 10.4. The number of para-hydroxylation sites is 1. The maximum atomic E-state index is 13.4. The number of thiocarbonyl (C=S) groups is 1. The number of carboxylic acid groups (broad SMARTS) is 1. The minimum atomic E-state index is -1.05. The second kappa shape index (κ2) is 9.17. The first-order valence-electron chi connectivity index (χ1n) is 11.1. The van der Waals surface area contributed by atoms with E-state index < -0.39 is 5.97 Å². The molecule has 1 amide bonds. The summed E-state index contributed by atoms with van der Waals surface area (Å²) in [6.07, 6.45) is 1.91. The molecule has 5 nitrogen and oxygen atoms in total. The third-order valence-corrected chi connectivity index (χ3v) is 7.46. The molecule has 174 valence electrons. The van der Waals surface area contributed by atoms with Gasteiger partial charge in [0.05, 0.1) is 16.2 Å². The molecule has 2 heterocycles. The number of aromatic nitrogens is 1. The number of rotatable bonds is 5. The lowest BCUT2D eigenvalue weighted by Gasteiger charge is -2.14. The van der Waals surface area contributed by atoms with Gasteiger partial charge in [-0.25, -0.2) is 4.79 Å². The molecule has 3 aromatic carbocycles. The summed E-state index contributed by atoms with van der Waals surface area (Å²) in [7, 11) is 0. The summed E-state index contributed by atoms with van der Waals surface area (Å²) in [6, 6.07) is 22.9. The molecule has 0 radical (unpaired) electrons. The molecule has 0 atom stereocenters. The van der Waals surface area contributed by atoms with E-state index in [1.165, 1.54) is 39.9 Å². The van der Waals surface area contributed by atoms with Crippen LogP contribution >= 0.6 is 24.0 Å². The highest BCUT2D eigenvalue weighted by atomic mass is 32.2. The first-order valence-corrected chi connectivity index (χ1v) is 12.3. The van der Waals surface area contributed by atoms with E-state index in [2.05, 4.69) is 54.8 Å². The lowest BCUT2D eigenvalue weighted by molar-refractivity contribution is -0.113. The molecule has 0 aliphatic carbocycles. The summed E-state index contributed by atoms with van der Waals surface area (Å²) >= 11 is 6.74. The molecule has 35 heavy (non-hydrogen) atoms. The smallest absolute Gasteiger partial charge is 0.335 e. The van der Waals surface area contributed by atoms with E-state index in [1.54, 1.807) is 12.1 Å². The number of hydrogen-bond donors (Lipinski definition) is 1. The third kappa shape index (κ3) is 4.29. The van der Waals surface area contributed by atoms with Crippen LogP contribution in [0.25, 0.3) is 17.0 Å². The van der Waals surface area contributed by atoms with Gasteiger partial charge in [0, 0.05) is 28.7 Å². The molecule has 0 saturated carbocycles. The van der Waals surface area contributed by atoms with E-state index in [9.17, 15) is 14.7 Å². The number of amides is 1. The highest BCUT2D eigenvalue weighted by Crippen LogP contribution is 2.38. The molecule has 5 rings (SSSR count). The third-order valence-electron chi connectivity index (χ3n) is 6.16. The molecular weight excluding hydrogens is 476 g/mol. The highest BCUT2D eigenvalue weighted by molar-refractivity contribution is 8.27. The average molecular weight is 499 g/mol. The summed E-state index contributed by atoms with van der Waals surface area (Å²) in [6.45, 7) is 4.87. The Morgan fingerprint density at radius 1 is 1.03 bits per heavy atom. The largest absolute Gasteiger partial charge is 0.478 e. The number of carbonyl (C=O) groups excluding carboxylic acids is 1. The zero-order chi connectivity index (χ0) is 24.7. The van der Waals surface area contributed by atoms with E-state index in [0.717, 1.165) is 28.7 Å². The van der Waals surface area contributed by atoms with E-state index >= 15 is 0 Å². The van der Waals surface area contributed by atoms with E-state index in [4.69, 9.17) is 12.2 Å². The van der Waals surface area contributed by atoms with Crippen LogP contribution in [-0.2, 0) is 11.3 Å². The zero-order valence-electron chi connectivity index (χ0n) is 19.2. The van der Waals surface area contributed by atoms with Crippen molar-refractivity contribution in [3.8, 4) is 0 Å². The number of nitrogens with zero attached hydrogens (tertiary/aromatic N) is 2. The fourth-order valence-electron chi connectivity index (χ4n) is 4.32. The van der Waals surface area contributed by atoms with Crippen molar-refractivity contribution in [1.29, 1.82) is 0 Å². The molecule has 1 saturated heterocycles. The predicted octanol–water partition coefficient (Wildman–Crippen LogP) is 6.41. The fourth-order valence-corrected chi connectivity index (χ4v) is 5.60. The average Bonchev–Trinajstić information content (AvgIpc) is 3.28. The topological polar surface area (TPSA) is 62.5 Å². The molecule has 1 aliphatic heterocycles. The van der Waals surface area contributed by atoms with Gasteiger partial charge < -0.3 is 9.67 Å². The lowest BCUT2D eigenvalue weighted by atomic mass is 10.1. The van der Waals surface area contributed by atoms with Gasteiger partial charge in [0.15, 0.2) is 4.32 Å². The van der Waals surface area contributed by atoms with Gasteiger partial charge in [-0.05, 0) is 49.8 Å². The molecular formula is C28H22N2O3S2. The van der Waals surface area contributed by atoms with Crippen LogP contribution in [0.1, 0.15) is 32.7 Å². The maximum Gasteiger partial charge on any atom is 0.335 e. The number of fused-ring (bicyclic) bond motifs is 1. The van der Waals surface area contributed by atoms with Crippen LogP contribution in [0.15, 0.2) is 77.7 Å². The Kier molecular flexibility index (Phi) is 6.05. The van der Waals surface area contributed by atoms with Crippen molar-refractivity contribution >= 4 is 62.8 Å². The molecule has 0 unspecified atom stereocenters. The zero-order valence-corrected chi connectivity index (χ0v) is 20.8. The molecule has 1 N–H and O–H groups in total. The lowest BCUT2D eigenvalue weighted by Crippen LogP contribution is -2.27. The van der Waals surface area contributed by atoms with Gasteiger partial charge in [0.1, 0.15) is 0 Å². The normalized spacial score (nSPS) is 14.9. The van der Waals surface area contributed by atoms with Gasteiger partial charge in [-0.3, -0.25) is 9.69 Å². The number of anilines is 1. The molecule has 1 aromatic heterocycles. The van der Waals surface area contributed by atoms with Gasteiger partial charge in [-0.15, -0.1) is 0 Å². The Morgan fingerprint density at radius 2 is 1.77 bits per heavy atom. The molecule has 7 heteroatoms. The maximum absolute atomic E-state index is 13.4. The number of benzene rings is 3. The monoisotopic (exact) mass is 498 g/mol. The molecule has 0 bridgehead atoms. The number of aromatic carboxylic acids is 1. The van der Waals surface area contributed by atoms with Gasteiger partial charge in [-0.1, -0.05) is 78.1 Å². The second-order valence-electron chi connectivity index (χ2n) is 8.46. The number of hydrogen-bond acceptors (Lipinski definition) is 4. The number of carbonyl (C=O) groups is 2. The fraction of sp³-hybridized carbons (Fsp3) is 0.107. The van der Waals surface area contributed by atoms with Crippen molar-refractivity contribution in [2.75, 3.05) is 4.90 Å². The van der Waals surface area contributed by atoms with Crippen molar-refractivity contribution in [2.45, 2.75) is 20.4 Å². The Labute approximate surface area is 212 Å². The summed E-state index contributed by atoms with van der Waals surface area (Å²) in [5.74, 6) is -1.30. The van der Waals surface area contributed by atoms with Crippen LogP contribution in [0.3, 0.4) is 0 Å². The van der Waals surface area contributed by atoms with Crippen LogP contribution < -0.4 is 4.90 Å². The molecule has 4 aromatic rings. The Hall–Kier alpha value is -3.68. The van der Waals surface area contributed by atoms with Crippen molar-refractivity contribution < 1.29 is 14.7 Å². The SMILES string of the molecule is Cc1ccc(Cn2c(C)c(/C=C3/SC(=S)N(c4cccc(C(=O)O)c4)C3=O)c3ccccc32)cc1. The highest BCUT2D eigenvalue weighted by Gasteiger charge is 2.34. The van der Waals surface area contributed by atoms with Gasteiger partial charge in [-0.2, -0.15) is 0 Å². The first-order chi connectivity index (χ1) is 16.8. The van der Waals surface area contributed by atoms with Crippen molar-refractivity contribution in [2.24, 2.45) is 0 Å². The van der Waals surface area contributed by atoms with Gasteiger partial charge in [0.2, 0.25) is 0 Å². The summed E-state index contributed by atoms with van der Waals surface area (Å²) in [5.41, 5.74) is 6.12. The van der Waals surface area contributed by atoms with Gasteiger partial charge in [0.25, 0.3) is 5.91 Å².